The van der Waals surface area contributed by atoms with E-state index in [1.807, 2.05) is 72.8 Å². The number of benzene rings is 8. The normalized spacial score (nSPS) is 13.2. The van der Waals surface area contributed by atoms with E-state index in [1.165, 1.54) is 22.3 Å². The summed E-state index contributed by atoms with van der Waals surface area (Å²) in [5.41, 5.74) is 13.4. The first kappa shape index (κ1) is 34.2. The Labute approximate surface area is 346 Å². The van der Waals surface area contributed by atoms with Crippen molar-refractivity contribution in [1.29, 1.82) is 0 Å². The van der Waals surface area contributed by atoms with Gasteiger partial charge < -0.3 is 13.9 Å². The molecule has 0 spiro atoms. The molecule has 12 rings (SSSR count). The Morgan fingerprint density at radius 3 is 1.78 bits per heavy atom. The van der Waals surface area contributed by atoms with Gasteiger partial charge in [0.2, 0.25) is 0 Å². The van der Waals surface area contributed by atoms with Crippen LogP contribution in [0.5, 0.6) is 23.0 Å². The molecule has 0 saturated carbocycles. The van der Waals surface area contributed by atoms with Crippen molar-refractivity contribution in [2.24, 2.45) is 0 Å². The number of rotatable bonds is 5. The second-order valence-corrected chi connectivity index (χ2v) is 16.0. The van der Waals surface area contributed by atoms with Crippen LogP contribution in [0.3, 0.4) is 0 Å². The summed E-state index contributed by atoms with van der Waals surface area (Å²) in [6, 6.07) is 60.2. The van der Waals surface area contributed by atoms with Gasteiger partial charge in [-0.05, 0) is 75.3 Å². The van der Waals surface area contributed by atoms with Crippen molar-refractivity contribution in [3.63, 3.8) is 0 Å². The molecule has 3 heterocycles. The Hall–Kier alpha value is -7.83. The van der Waals surface area contributed by atoms with Crippen molar-refractivity contribution in [2.75, 3.05) is 0 Å². The number of aromatic nitrogens is 3. The van der Waals surface area contributed by atoms with Crippen LogP contribution in [-0.4, -0.2) is 15.0 Å². The van der Waals surface area contributed by atoms with Crippen molar-refractivity contribution in [3.05, 3.63) is 187 Å². The molecule has 0 radical (unpaired) electrons. The molecule has 2 aliphatic rings. The van der Waals surface area contributed by atoms with E-state index in [1.54, 1.807) is 0 Å². The van der Waals surface area contributed by atoms with E-state index in [9.17, 15) is 0 Å². The smallest absolute Gasteiger partial charge is 0.170 e. The van der Waals surface area contributed by atoms with E-state index < -0.39 is 0 Å². The van der Waals surface area contributed by atoms with Crippen molar-refractivity contribution < 1.29 is 13.9 Å². The largest absolute Gasteiger partial charge is 0.455 e. The molecule has 0 unspecified atom stereocenters. The molecule has 6 heteroatoms. The third-order valence-corrected chi connectivity index (χ3v) is 12.0. The van der Waals surface area contributed by atoms with E-state index in [4.69, 9.17) is 28.8 Å². The molecule has 0 atom stereocenters. The zero-order valence-corrected chi connectivity index (χ0v) is 32.8. The van der Waals surface area contributed by atoms with Crippen molar-refractivity contribution in [3.8, 4) is 90.5 Å². The molecule has 2 aromatic heterocycles. The van der Waals surface area contributed by atoms with Gasteiger partial charge in [-0.15, -0.1) is 0 Å². The van der Waals surface area contributed by atoms with Crippen molar-refractivity contribution >= 4 is 21.9 Å². The highest BCUT2D eigenvalue weighted by Crippen LogP contribution is 2.55. The molecule has 60 heavy (non-hydrogen) atoms. The summed E-state index contributed by atoms with van der Waals surface area (Å²) in [5.74, 6) is 4.58. The number of nitrogens with zero attached hydrogens (tertiary/aromatic N) is 3. The number of furan rings is 1. The maximum absolute atomic E-state index is 6.60. The highest BCUT2D eigenvalue weighted by molar-refractivity contribution is 6.09. The third-order valence-electron chi connectivity index (χ3n) is 12.0. The third kappa shape index (κ3) is 5.45. The van der Waals surface area contributed by atoms with Crippen LogP contribution in [0.15, 0.2) is 180 Å². The zero-order chi connectivity index (χ0) is 40.0. The van der Waals surface area contributed by atoms with Crippen LogP contribution in [0, 0.1) is 0 Å². The average molecular weight is 774 g/mol. The van der Waals surface area contributed by atoms with Crippen LogP contribution in [0.4, 0.5) is 0 Å². The van der Waals surface area contributed by atoms with Gasteiger partial charge in [0.05, 0.1) is 0 Å². The summed E-state index contributed by atoms with van der Waals surface area (Å²) >= 11 is 0. The zero-order valence-electron chi connectivity index (χ0n) is 32.8. The quantitative estimate of drug-likeness (QED) is 0.173. The van der Waals surface area contributed by atoms with E-state index >= 15 is 0 Å². The van der Waals surface area contributed by atoms with Crippen LogP contribution in [0.25, 0.3) is 89.5 Å². The van der Waals surface area contributed by atoms with Gasteiger partial charge in [-0.25, -0.2) is 15.0 Å². The molecule has 0 fully saturated rings. The van der Waals surface area contributed by atoms with Gasteiger partial charge in [0, 0.05) is 38.4 Å². The summed E-state index contributed by atoms with van der Waals surface area (Å²) in [4.78, 5) is 15.1. The van der Waals surface area contributed by atoms with Crippen LogP contribution in [-0.2, 0) is 5.41 Å². The van der Waals surface area contributed by atoms with Crippen LogP contribution in [0.1, 0.15) is 25.0 Å². The Morgan fingerprint density at radius 2 is 0.933 bits per heavy atom. The van der Waals surface area contributed by atoms with Crippen molar-refractivity contribution in [2.45, 2.75) is 19.3 Å². The van der Waals surface area contributed by atoms with E-state index in [2.05, 4.69) is 117 Å². The number of para-hydroxylation sites is 2. The lowest BCUT2D eigenvalue weighted by Gasteiger charge is -2.25. The van der Waals surface area contributed by atoms with Crippen LogP contribution < -0.4 is 9.47 Å². The fourth-order valence-corrected chi connectivity index (χ4v) is 8.92. The molecular formula is C54H35N3O3. The maximum Gasteiger partial charge on any atom is 0.170 e. The van der Waals surface area contributed by atoms with Gasteiger partial charge in [0.1, 0.15) is 11.2 Å². The molecule has 0 bridgehead atoms. The minimum atomic E-state index is -0.127. The standard InChI is InChI=1S/C54H35N3O3/c1-54(2)43-20-8-6-16-39(43)42-30-48-49(31-44(42)54)58-46-27-26-36(29-47(46)59-48)35-14-10-15-37(28-35)53-56-51(33-12-4-3-5-13-33)55-52(57-53)34-24-22-32(23-25-34)38-18-11-19-41-40-17-7-9-21-45(40)60-50(38)41/h3-31H,1-2H3. The second kappa shape index (κ2) is 13.1. The predicted molar refractivity (Wildman–Crippen MR) is 238 cm³/mol. The number of fused-ring (bicyclic) bond motifs is 8. The van der Waals surface area contributed by atoms with Gasteiger partial charge in [-0.2, -0.15) is 0 Å². The van der Waals surface area contributed by atoms with E-state index in [0.717, 1.165) is 66.6 Å². The molecule has 6 nitrogen and oxygen atoms in total. The highest BCUT2D eigenvalue weighted by Gasteiger charge is 2.37. The van der Waals surface area contributed by atoms with Gasteiger partial charge in [0.25, 0.3) is 0 Å². The van der Waals surface area contributed by atoms with Crippen LogP contribution in [0.2, 0.25) is 0 Å². The molecular weight excluding hydrogens is 739 g/mol. The van der Waals surface area contributed by atoms with Crippen molar-refractivity contribution in [1.82, 2.24) is 15.0 Å². The maximum atomic E-state index is 6.60. The first-order valence-corrected chi connectivity index (χ1v) is 20.2. The van der Waals surface area contributed by atoms with Crippen LogP contribution >= 0.6 is 0 Å². The average Bonchev–Trinajstić information content (AvgIpc) is 3.79. The Bertz CT molecular complexity index is 3350. The Balaban J connectivity index is 0.890. The molecule has 0 saturated heterocycles. The lowest BCUT2D eigenvalue weighted by Crippen LogP contribution is -2.15. The van der Waals surface area contributed by atoms with Gasteiger partial charge in [-0.1, -0.05) is 153 Å². The first-order chi connectivity index (χ1) is 29.4. The number of hydrogen-bond acceptors (Lipinski definition) is 6. The lowest BCUT2D eigenvalue weighted by molar-refractivity contribution is 0.359. The summed E-state index contributed by atoms with van der Waals surface area (Å²) < 4.78 is 19.4. The minimum absolute atomic E-state index is 0.127. The van der Waals surface area contributed by atoms with E-state index in [-0.39, 0.29) is 5.41 Å². The molecule has 0 amide bonds. The lowest BCUT2D eigenvalue weighted by atomic mass is 9.82. The molecule has 1 aliphatic carbocycles. The fraction of sp³-hybridized carbons (Fsp3) is 0.0556. The van der Waals surface area contributed by atoms with E-state index in [0.29, 0.717) is 34.7 Å². The summed E-state index contributed by atoms with van der Waals surface area (Å²) in [6.07, 6.45) is 0. The molecule has 8 aromatic carbocycles. The molecule has 284 valence electrons. The minimum Gasteiger partial charge on any atom is -0.455 e. The number of hydrogen-bond donors (Lipinski definition) is 0. The predicted octanol–water partition coefficient (Wildman–Crippen LogP) is 14.3. The highest BCUT2D eigenvalue weighted by atomic mass is 16.6. The van der Waals surface area contributed by atoms with Gasteiger partial charge in [0.15, 0.2) is 40.5 Å². The molecule has 0 N–H and O–H groups in total. The SMILES string of the molecule is CC1(C)c2ccccc2-c2cc3c(cc21)Oc1ccc(-c2cccc(-c4nc(-c5ccccc5)nc(-c5ccc(-c6cccc7c6oc6ccccc67)cc5)n4)c2)cc1O3. The first-order valence-electron chi connectivity index (χ1n) is 20.2. The Kier molecular flexibility index (Phi) is 7.47. The summed E-state index contributed by atoms with van der Waals surface area (Å²) in [5, 5.41) is 2.21. The second-order valence-electron chi connectivity index (χ2n) is 16.0. The Morgan fingerprint density at radius 1 is 0.367 bits per heavy atom. The summed E-state index contributed by atoms with van der Waals surface area (Å²) in [6.45, 7) is 4.54. The van der Waals surface area contributed by atoms with Gasteiger partial charge in [-0.3, -0.25) is 0 Å². The van der Waals surface area contributed by atoms with Gasteiger partial charge >= 0.3 is 0 Å². The monoisotopic (exact) mass is 773 g/mol. The topological polar surface area (TPSA) is 70.3 Å². The molecule has 10 aromatic rings. The number of ether oxygens (including phenoxy) is 2. The summed E-state index contributed by atoms with van der Waals surface area (Å²) in [7, 11) is 0. The fourth-order valence-electron chi connectivity index (χ4n) is 8.92. The molecule has 1 aliphatic heterocycles.